The minimum absolute atomic E-state index is 0.237. The average molecular weight is 254 g/mol. The molecule has 0 aliphatic rings. The first-order valence-electron chi connectivity index (χ1n) is 5.10. The molecule has 0 N–H and O–H groups in total. The number of carbonyl (C=O) groups excluding carboxylic acids is 1. The highest BCUT2D eigenvalue weighted by Crippen LogP contribution is 2.16. The van der Waals surface area contributed by atoms with Crippen LogP contribution >= 0.6 is 11.6 Å². The Morgan fingerprint density at radius 2 is 2.18 bits per heavy atom. The molecule has 0 amide bonds. The normalized spacial score (nSPS) is 11.8. The zero-order chi connectivity index (χ0) is 12.6. The first kappa shape index (κ1) is 11.9. The third-order valence-electron chi connectivity index (χ3n) is 1.95. The molecular weight excluding hydrogens is 242 g/mol. The van der Waals surface area contributed by atoms with Crippen LogP contribution in [0.2, 0.25) is 5.15 Å². The second-order valence-corrected chi connectivity index (χ2v) is 4.95. The fraction of sp³-hybridized carbons (Fsp3) is 0.364. The summed E-state index contributed by atoms with van der Waals surface area (Å²) in [7, 11) is 0. The van der Waals surface area contributed by atoms with Crippen molar-refractivity contribution < 1.29 is 9.53 Å². The zero-order valence-corrected chi connectivity index (χ0v) is 10.5. The minimum Gasteiger partial charge on any atom is -0.443 e. The van der Waals surface area contributed by atoms with Crippen molar-refractivity contribution >= 4 is 28.9 Å². The van der Waals surface area contributed by atoms with Crippen LogP contribution in [0.4, 0.5) is 4.79 Å². The second kappa shape index (κ2) is 4.00. The maximum Gasteiger partial charge on any atom is 0.420 e. The molecule has 90 valence electrons. The Labute approximate surface area is 103 Å². The van der Waals surface area contributed by atoms with E-state index in [4.69, 9.17) is 16.3 Å². The molecule has 0 aliphatic carbocycles. The molecule has 0 atom stereocenters. The van der Waals surface area contributed by atoms with Gasteiger partial charge in [0, 0.05) is 6.20 Å². The Kier molecular flexibility index (Phi) is 2.79. The van der Waals surface area contributed by atoms with Crippen molar-refractivity contribution in [2.24, 2.45) is 0 Å². The van der Waals surface area contributed by atoms with Crippen molar-refractivity contribution in [1.82, 2.24) is 14.5 Å². The van der Waals surface area contributed by atoms with E-state index in [-0.39, 0.29) is 5.15 Å². The average Bonchev–Trinajstić information content (AvgIpc) is 2.57. The van der Waals surface area contributed by atoms with Gasteiger partial charge in [0.25, 0.3) is 0 Å². The van der Waals surface area contributed by atoms with E-state index < -0.39 is 11.7 Å². The van der Waals surface area contributed by atoms with E-state index in [1.807, 2.05) is 0 Å². The third-order valence-corrected chi connectivity index (χ3v) is 2.13. The van der Waals surface area contributed by atoms with Crippen molar-refractivity contribution in [3.8, 4) is 0 Å². The molecule has 6 heteroatoms. The molecule has 0 fully saturated rings. The molecule has 0 saturated carbocycles. The predicted octanol–water partition coefficient (Wildman–Crippen LogP) is 2.87. The van der Waals surface area contributed by atoms with E-state index in [0.717, 1.165) is 0 Å². The van der Waals surface area contributed by atoms with Crippen molar-refractivity contribution in [3.05, 3.63) is 23.6 Å². The molecule has 0 radical (unpaired) electrons. The van der Waals surface area contributed by atoms with Crippen LogP contribution in [0.3, 0.4) is 0 Å². The number of halogens is 1. The molecule has 0 bridgehead atoms. The number of hydrogen-bond acceptors (Lipinski definition) is 4. The Bertz CT molecular complexity index is 572. The Balaban J connectivity index is 2.42. The maximum absolute atomic E-state index is 11.9. The lowest BCUT2D eigenvalue weighted by Gasteiger charge is -2.19. The van der Waals surface area contributed by atoms with E-state index in [0.29, 0.717) is 11.2 Å². The SMILES string of the molecule is CC(C)(C)OC(=O)n1ccc2ncc(Cl)nc21. The number of aromatic nitrogens is 3. The first-order chi connectivity index (χ1) is 7.87. The van der Waals surface area contributed by atoms with Gasteiger partial charge < -0.3 is 4.74 Å². The van der Waals surface area contributed by atoms with Crippen LogP contribution in [-0.2, 0) is 4.74 Å². The number of ether oxygens (including phenoxy) is 1. The fourth-order valence-corrected chi connectivity index (χ4v) is 1.47. The molecule has 2 aromatic heterocycles. The van der Waals surface area contributed by atoms with Crippen molar-refractivity contribution in [3.63, 3.8) is 0 Å². The highest BCUT2D eigenvalue weighted by Gasteiger charge is 2.19. The lowest BCUT2D eigenvalue weighted by atomic mass is 10.2. The van der Waals surface area contributed by atoms with Crippen molar-refractivity contribution in [1.29, 1.82) is 0 Å². The molecule has 0 aromatic carbocycles. The Hall–Kier alpha value is -1.62. The summed E-state index contributed by atoms with van der Waals surface area (Å²) in [6.45, 7) is 5.40. The predicted molar refractivity (Wildman–Crippen MR) is 64.2 cm³/mol. The summed E-state index contributed by atoms with van der Waals surface area (Å²) >= 11 is 5.75. The second-order valence-electron chi connectivity index (χ2n) is 4.57. The number of rotatable bonds is 0. The van der Waals surface area contributed by atoms with Gasteiger partial charge in [-0.05, 0) is 26.8 Å². The largest absolute Gasteiger partial charge is 0.443 e. The number of carbonyl (C=O) groups is 1. The molecular formula is C11H12ClN3O2. The van der Waals surface area contributed by atoms with Crippen LogP contribution in [0.1, 0.15) is 20.8 Å². The van der Waals surface area contributed by atoms with Crippen LogP contribution in [0, 0.1) is 0 Å². The van der Waals surface area contributed by atoms with Crippen LogP contribution < -0.4 is 0 Å². The van der Waals surface area contributed by atoms with Crippen LogP contribution in [0.15, 0.2) is 18.5 Å². The molecule has 2 heterocycles. The van der Waals surface area contributed by atoms with Crippen molar-refractivity contribution in [2.75, 3.05) is 0 Å². The summed E-state index contributed by atoms with van der Waals surface area (Å²) in [6.07, 6.45) is 2.50. The van der Waals surface area contributed by atoms with E-state index in [2.05, 4.69) is 9.97 Å². The summed E-state index contributed by atoms with van der Waals surface area (Å²) in [4.78, 5) is 20.0. The van der Waals surface area contributed by atoms with E-state index in [9.17, 15) is 4.79 Å². The van der Waals surface area contributed by atoms with Crippen LogP contribution in [0.25, 0.3) is 11.2 Å². The third kappa shape index (κ3) is 2.55. The molecule has 0 aliphatic heterocycles. The smallest absolute Gasteiger partial charge is 0.420 e. The molecule has 2 rings (SSSR count). The van der Waals surface area contributed by atoms with E-state index in [1.54, 1.807) is 33.0 Å². The molecule has 0 spiro atoms. The van der Waals surface area contributed by atoms with Crippen molar-refractivity contribution in [2.45, 2.75) is 26.4 Å². The molecule has 0 saturated heterocycles. The summed E-state index contributed by atoms with van der Waals surface area (Å²) in [5.41, 5.74) is 0.437. The zero-order valence-electron chi connectivity index (χ0n) is 9.77. The van der Waals surface area contributed by atoms with Crippen LogP contribution in [-0.4, -0.2) is 26.2 Å². The van der Waals surface area contributed by atoms with Gasteiger partial charge in [-0.3, -0.25) is 0 Å². The van der Waals surface area contributed by atoms with Gasteiger partial charge >= 0.3 is 6.09 Å². The van der Waals surface area contributed by atoms with Gasteiger partial charge in [0.15, 0.2) is 5.65 Å². The summed E-state index contributed by atoms with van der Waals surface area (Å²) in [6, 6.07) is 1.68. The fourth-order valence-electron chi connectivity index (χ4n) is 1.34. The summed E-state index contributed by atoms with van der Waals surface area (Å²) in [5, 5.41) is 0.237. The number of nitrogens with zero attached hydrogens (tertiary/aromatic N) is 3. The standard InChI is InChI=1S/C11H12ClN3O2/c1-11(2,3)17-10(16)15-5-4-7-9(15)14-8(12)6-13-7/h4-6H,1-3H3. The highest BCUT2D eigenvalue weighted by atomic mass is 35.5. The summed E-state index contributed by atoms with van der Waals surface area (Å²) in [5.74, 6) is 0. The highest BCUT2D eigenvalue weighted by molar-refractivity contribution is 6.29. The van der Waals surface area contributed by atoms with Gasteiger partial charge in [-0.2, -0.15) is 0 Å². The Morgan fingerprint density at radius 3 is 2.82 bits per heavy atom. The van der Waals surface area contributed by atoms with E-state index >= 15 is 0 Å². The van der Waals surface area contributed by atoms with Gasteiger partial charge in [0.05, 0.1) is 6.20 Å². The monoisotopic (exact) mass is 253 g/mol. The quantitative estimate of drug-likeness (QED) is 0.724. The lowest BCUT2D eigenvalue weighted by Crippen LogP contribution is -2.26. The molecule has 5 nitrogen and oxygen atoms in total. The van der Waals surface area contributed by atoms with Gasteiger partial charge in [-0.15, -0.1) is 0 Å². The Morgan fingerprint density at radius 1 is 1.47 bits per heavy atom. The molecule has 17 heavy (non-hydrogen) atoms. The maximum atomic E-state index is 11.9. The summed E-state index contributed by atoms with van der Waals surface area (Å²) < 4.78 is 6.53. The van der Waals surface area contributed by atoms with Gasteiger partial charge in [-0.1, -0.05) is 11.6 Å². The topological polar surface area (TPSA) is 57.0 Å². The number of hydrogen-bond donors (Lipinski definition) is 0. The molecule has 2 aromatic rings. The number of fused-ring (bicyclic) bond motifs is 1. The van der Waals surface area contributed by atoms with Gasteiger partial charge in [0.2, 0.25) is 0 Å². The van der Waals surface area contributed by atoms with Crippen LogP contribution in [0.5, 0.6) is 0 Å². The van der Waals surface area contributed by atoms with E-state index in [1.165, 1.54) is 10.8 Å². The van der Waals surface area contributed by atoms with Gasteiger partial charge in [-0.25, -0.2) is 19.3 Å². The minimum atomic E-state index is -0.556. The first-order valence-corrected chi connectivity index (χ1v) is 5.47. The van der Waals surface area contributed by atoms with Gasteiger partial charge in [0.1, 0.15) is 16.3 Å². The lowest BCUT2D eigenvalue weighted by molar-refractivity contribution is 0.0543. The molecule has 0 unspecified atom stereocenters.